The molecule has 0 fully saturated rings. The minimum Gasteiger partial charge on any atom is -0.376 e. The van der Waals surface area contributed by atoms with E-state index in [1.165, 1.54) is 0 Å². The fourth-order valence-electron chi connectivity index (χ4n) is 2.18. The van der Waals surface area contributed by atoms with Crippen LogP contribution >= 0.6 is 0 Å². The second kappa shape index (κ2) is 5.71. The largest absolute Gasteiger partial charge is 0.376 e. The van der Waals surface area contributed by atoms with E-state index < -0.39 is 0 Å². The first-order valence-corrected chi connectivity index (χ1v) is 6.77. The molecule has 0 unspecified atom stereocenters. The first-order chi connectivity index (χ1) is 10.3. The molecule has 0 aliphatic heterocycles. The summed E-state index contributed by atoms with van der Waals surface area (Å²) in [7, 11) is 4.01. The van der Waals surface area contributed by atoms with E-state index in [-0.39, 0.29) is 0 Å². The van der Waals surface area contributed by atoms with E-state index in [1.807, 2.05) is 67.5 Å². The molecule has 0 spiro atoms. The lowest BCUT2D eigenvalue weighted by Crippen LogP contribution is -2.11. The Morgan fingerprint density at radius 1 is 0.714 bits per heavy atom. The lowest BCUT2D eigenvalue weighted by Gasteiger charge is -2.16. The quantitative estimate of drug-likeness (QED) is 0.736. The second-order valence-corrected chi connectivity index (χ2v) is 4.89. The smallest absolute Gasteiger partial charge is 0.112 e. The van der Waals surface area contributed by atoms with Crippen molar-refractivity contribution in [2.75, 3.05) is 19.0 Å². The molecule has 4 heteroatoms. The van der Waals surface area contributed by atoms with Crippen LogP contribution in [0.2, 0.25) is 0 Å². The SMILES string of the molecule is CN(C)c1cccnc1-c1cccc(-c2ccccn2)n1. The average molecular weight is 276 g/mol. The van der Waals surface area contributed by atoms with Crippen molar-refractivity contribution in [1.82, 2.24) is 15.0 Å². The van der Waals surface area contributed by atoms with Crippen LogP contribution < -0.4 is 4.90 Å². The standard InChI is InChI=1S/C17H16N4/c1-21(2)16-10-6-12-19-17(16)15-9-5-8-14(20-15)13-7-3-4-11-18-13/h3-12H,1-2H3. The van der Waals surface area contributed by atoms with E-state index in [2.05, 4.69) is 9.97 Å². The van der Waals surface area contributed by atoms with E-state index in [4.69, 9.17) is 4.98 Å². The summed E-state index contributed by atoms with van der Waals surface area (Å²) in [6.45, 7) is 0. The number of anilines is 1. The van der Waals surface area contributed by atoms with Crippen LogP contribution in [-0.4, -0.2) is 29.0 Å². The van der Waals surface area contributed by atoms with Crippen molar-refractivity contribution < 1.29 is 0 Å². The summed E-state index contributed by atoms with van der Waals surface area (Å²) in [4.78, 5) is 15.6. The predicted octanol–water partition coefficient (Wildman–Crippen LogP) is 3.27. The first-order valence-electron chi connectivity index (χ1n) is 6.77. The van der Waals surface area contributed by atoms with Crippen LogP contribution in [0.25, 0.3) is 22.8 Å². The van der Waals surface area contributed by atoms with E-state index in [9.17, 15) is 0 Å². The molecule has 3 aromatic heterocycles. The maximum absolute atomic E-state index is 4.70. The molecule has 0 aromatic carbocycles. The van der Waals surface area contributed by atoms with Gasteiger partial charge in [0.1, 0.15) is 5.69 Å². The van der Waals surface area contributed by atoms with Gasteiger partial charge < -0.3 is 4.90 Å². The summed E-state index contributed by atoms with van der Waals surface area (Å²) < 4.78 is 0. The third-order valence-electron chi connectivity index (χ3n) is 3.19. The van der Waals surface area contributed by atoms with Crippen LogP contribution in [-0.2, 0) is 0 Å². The zero-order chi connectivity index (χ0) is 14.7. The number of aromatic nitrogens is 3. The number of hydrogen-bond acceptors (Lipinski definition) is 4. The fraction of sp³-hybridized carbons (Fsp3) is 0.118. The predicted molar refractivity (Wildman–Crippen MR) is 85.0 cm³/mol. The van der Waals surface area contributed by atoms with Crippen LogP contribution in [0.4, 0.5) is 5.69 Å². The fourth-order valence-corrected chi connectivity index (χ4v) is 2.18. The van der Waals surface area contributed by atoms with Gasteiger partial charge in [-0.1, -0.05) is 12.1 Å². The van der Waals surface area contributed by atoms with Crippen molar-refractivity contribution in [3.05, 3.63) is 60.9 Å². The van der Waals surface area contributed by atoms with Gasteiger partial charge in [0, 0.05) is 26.5 Å². The molecular weight excluding hydrogens is 260 g/mol. The molecule has 0 N–H and O–H groups in total. The molecule has 0 saturated heterocycles. The summed E-state index contributed by atoms with van der Waals surface area (Å²) in [6.07, 6.45) is 3.56. The molecule has 0 aliphatic rings. The third-order valence-corrected chi connectivity index (χ3v) is 3.19. The maximum atomic E-state index is 4.70. The Balaban J connectivity index is 2.09. The lowest BCUT2D eigenvalue weighted by molar-refractivity contribution is 1.10. The van der Waals surface area contributed by atoms with Gasteiger partial charge in [-0.05, 0) is 36.4 Å². The van der Waals surface area contributed by atoms with Gasteiger partial charge in [0.15, 0.2) is 0 Å². The molecule has 3 rings (SSSR count). The molecule has 3 heterocycles. The zero-order valence-corrected chi connectivity index (χ0v) is 12.1. The van der Waals surface area contributed by atoms with Crippen LogP contribution in [0.3, 0.4) is 0 Å². The van der Waals surface area contributed by atoms with Gasteiger partial charge in [-0.25, -0.2) is 4.98 Å². The van der Waals surface area contributed by atoms with Gasteiger partial charge in [0.25, 0.3) is 0 Å². The summed E-state index contributed by atoms with van der Waals surface area (Å²) >= 11 is 0. The number of rotatable bonds is 3. The Morgan fingerprint density at radius 3 is 2.24 bits per heavy atom. The van der Waals surface area contributed by atoms with Crippen LogP contribution in [0.1, 0.15) is 0 Å². The van der Waals surface area contributed by atoms with Gasteiger partial charge >= 0.3 is 0 Å². The van der Waals surface area contributed by atoms with E-state index in [0.29, 0.717) is 0 Å². The Hall–Kier alpha value is -2.75. The molecular formula is C17H16N4. The molecule has 4 nitrogen and oxygen atoms in total. The number of hydrogen-bond donors (Lipinski definition) is 0. The number of pyridine rings is 3. The molecule has 21 heavy (non-hydrogen) atoms. The highest BCUT2D eigenvalue weighted by Gasteiger charge is 2.10. The highest BCUT2D eigenvalue weighted by molar-refractivity contribution is 5.73. The first kappa shape index (κ1) is 13.2. The van der Waals surface area contributed by atoms with Crippen LogP contribution in [0.15, 0.2) is 60.9 Å². The summed E-state index contributed by atoms with van der Waals surface area (Å²) in [6, 6.07) is 15.7. The Morgan fingerprint density at radius 2 is 1.48 bits per heavy atom. The Kier molecular flexibility index (Phi) is 3.60. The zero-order valence-electron chi connectivity index (χ0n) is 12.1. The maximum Gasteiger partial charge on any atom is 0.112 e. The summed E-state index contributed by atoms with van der Waals surface area (Å²) in [5.74, 6) is 0. The number of nitrogens with zero attached hydrogens (tertiary/aromatic N) is 4. The van der Waals surface area contributed by atoms with Crippen LogP contribution in [0, 0.1) is 0 Å². The van der Waals surface area contributed by atoms with Gasteiger partial charge in [-0.2, -0.15) is 0 Å². The topological polar surface area (TPSA) is 41.9 Å². The summed E-state index contributed by atoms with van der Waals surface area (Å²) in [5, 5.41) is 0. The van der Waals surface area contributed by atoms with Crippen molar-refractivity contribution in [1.29, 1.82) is 0 Å². The molecule has 0 amide bonds. The van der Waals surface area contributed by atoms with Crippen LogP contribution in [0.5, 0.6) is 0 Å². The molecule has 0 saturated carbocycles. The molecule has 0 aliphatic carbocycles. The van der Waals surface area contributed by atoms with Gasteiger partial charge in [-0.3, -0.25) is 9.97 Å². The molecule has 104 valence electrons. The van der Waals surface area contributed by atoms with E-state index >= 15 is 0 Å². The molecule has 3 aromatic rings. The highest BCUT2D eigenvalue weighted by atomic mass is 15.1. The van der Waals surface area contributed by atoms with Crippen molar-refractivity contribution in [3.8, 4) is 22.8 Å². The van der Waals surface area contributed by atoms with Gasteiger partial charge in [0.05, 0.1) is 22.8 Å². The highest BCUT2D eigenvalue weighted by Crippen LogP contribution is 2.27. The Bertz CT molecular complexity index is 739. The van der Waals surface area contributed by atoms with E-state index in [1.54, 1.807) is 12.4 Å². The minimum absolute atomic E-state index is 0.849. The Labute approximate surface area is 124 Å². The van der Waals surface area contributed by atoms with Gasteiger partial charge in [0.2, 0.25) is 0 Å². The molecule has 0 bridgehead atoms. The van der Waals surface area contributed by atoms with E-state index in [0.717, 1.165) is 28.5 Å². The normalized spacial score (nSPS) is 10.4. The van der Waals surface area contributed by atoms with Crippen molar-refractivity contribution in [2.24, 2.45) is 0 Å². The average Bonchev–Trinajstić information content (AvgIpc) is 2.56. The molecule has 0 atom stereocenters. The minimum atomic E-state index is 0.849. The van der Waals surface area contributed by atoms with Crippen molar-refractivity contribution in [3.63, 3.8) is 0 Å². The third kappa shape index (κ3) is 2.74. The monoisotopic (exact) mass is 276 g/mol. The summed E-state index contributed by atoms with van der Waals surface area (Å²) in [5.41, 5.74) is 4.48. The molecule has 0 radical (unpaired) electrons. The lowest BCUT2D eigenvalue weighted by atomic mass is 10.1. The second-order valence-electron chi connectivity index (χ2n) is 4.89. The van der Waals surface area contributed by atoms with Crippen molar-refractivity contribution in [2.45, 2.75) is 0 Å². The van der Waals surface area contributed by atoms with Gasteiger partial charge in [-0.15, -0.1) is 0 Å². The van der Waals surface area contributed by atoms with Crippen molar-refractivity contribution >= 4 is 5.69 Å².